The number of hydrogen-bond acceptors (Lipinski definition) is 3. The molecule has 0 radical (unpaired) electrons. The lowest BCUT2D eigenvalue weighted by atomic mass is 10.2. The predicted molar refractivity (Wildman–Crippen MR) is 86.3 cm³/mol. The molecule has 2 heterocycles. The third-order valence-electron chi connectivity index (χ3n) is 2.89. The van der Waals surface area contributed by atoms with E-state index in [4.69, 9.17) is 18.2 Å². The van der Waals surface area contributed by atoms with Crippen molar-refractivity contribution in [3.8, 4) is 0 Å². The van der Waals surface area contributed by atoms with Crippen LogP contribution in [0.15, 0.2) is 47.2 Å². The van der Waals surface area contributed by atoms with Gasteiger partial charge < -0.3 is 4.85 Å². The van der Waals surface area contributed by atoms with Crippen LogP contribution in [0.4, 0.5) is 0 Å². The highest BCUT2D eigenvalue weighted by Crippen LogP contribution is 2.52. The van der Waals surface area contributed by atoms with Crippen LogP contribution in [0.3, 0.4) is 0 Å². The Morgan fingerprint density at radius 2 is 2.20 bits per heavy atom. The Kier molecular flexibility index (Phi) is 4.06. The highest BCUT2D eigenvalue weighted by Gasteiger charge is 2.25. The summed E-state index contributed by atoms with van der Waals surface area (Å²) in [4.78, 5) is 7.65. The standard InChI is InChI=1S/C14H10ClN3S2/c1-16-13(18-7-6-17-9-18)14-19-8-12(20-14)10-2-4-11(15)5-3-10/h2-7,9,12H,8H2/b14-13-. The van der Waals surface area contributed by atoms with Gasteiger partial charge >= 0.3 is 0 Å². The zero-order valence-electron chi connectivity index (χ0n) is 10.4. The molecule has 2 aromatic rings. The summed E-state index contributed by atoms with van der Waals surface area (Å²) in [5.41, 5.74) is 1.25. The van der Waals surface area contributed by atoms with Crippen LogP contribution in [0.5, 0.6) is 0 Å². The second-order valence-corrected chi connectivity index (χ2v) is 7.10. The largest absolute Gasteiger partial charge is 0.362 e. The Hall–Kier alpha value is -1.35. The maximum atomic E-state index is 7.37. The topological polar surface area (TPSA) is 22.2 Å². The van der Waals surface area contributed by atoms with Gasteiger partial charge in [-0.15, -0.1) is 23.5 Å². The number of aromatic nitrogens is 2. The first kappa shape index (κ1) is 13.6. The molecule has 0 N–H and O–H groups in total. The summed E-state index contributed by atoms with van der Waals surface area (Å²) < 4.78 is 2.82. The Bertz CT molecular complexity index is 671. The van der Waals surface area contributed by atoms with Gasteiger partial charge in [0.2, 0.25) is 0 Å². The van der Waals surface area contributed by atoms with E-state index in [0.29, 0.717) is 11.1 Å². The number of thioether (sulfide) groups is 2. The van der Waals surface area contributed by atoms with E-state index in [1.54, 1.807) is 46.8 Å². The second kappa shape index (κ2) is 5.96. The second-order valence-electron chi connectivity index (χ2n) is 4.16. The van der Waals surface area contributed by atoms with Crippen molar-refractivity contribution in [2.45, 2.75) is 5.25 Å². The minimum Gasteiger partial charge on any atom is -0.362 e. The maximum absolute atomic E-state index is 7.37. The summed E-state index contributed by atoms with van der Waals surface area (Å²) >= 11 is 9.38. The van der Waals surface area contributed by atoms with Gasteiger partial charge in [0.1, 0.15) is 0 Å². The first-order chi connectivity index (χ1) is 9.78. The summed E-state index contributed by atoms with van der Waals surface area (Å²) in [6.07, 6.45) is 5.15. The number of benzene rings is 1. The number of imidazole rings is 1. The molecule has 1 saturated heterocycles. The van der Waals surface area contributed by atoms with Crippen molar-refractivity contribution in [2.75, 3.05) is 5.75 Å². The molecule has 0 bridgehead atoms. The SMILES string of the molecule is [C-]#[N+]/C(=C1\SCC(c2ccc(Cl)cc2)S1)n1ccnc1. The van der Waals surface area contributed by atoms with Crippen LogP contribution < -0.4 is 0 Å². The third-order valence-corrected chi connectivity index (χ3v) is 6.06. The van der Waals surface area contributed by atoms with E-state index in [2.05, 4.69) is 22.0 Å². The molecule has 1 aliphatic rings. The Morgan fingerprint density at radius 3 is 2.85 bits per heavy atom. The molecule has 1 unspecified atom stereocenters. The molecular weight excluding hydrogens is 310 g/mol. The molecule has 3 rings (SSSR count). The van der Waals surface area contributed by atoms with E-state index in [1.807, 2.05) is 12.1 Å². The summed E-state index contributed by atoms with van der Waals surface area (Å²) in [6.45, 7) is 7.37. The van der Waals surface area contributed by atoms with Crippen molar-refractivity contribution < 1.29 is 0 Å². The Labute approximate surface area is 130 Å². The van der Waals surface area contributed by atoms with Gasteiger partial charge in [0.05, 0.1) is 16.6 Å². The van der Waals surface area contributed by atoms with E-state index in [9.17, 15) is 0 Å². The van der Waals surface area contributed by atoms with Crippen molar-refractivity contribution in [1.82, 2.24) is 9.55 Å². The molecule has 1 aromatic heterocycles. The summed E-state index contributed by atoms with van der Waals surface area (Å²) in [5.74, 6) is 1.60. The fourth-order valence-electron chi connectivity index (χ4n) is 1.90. The van der Waals surface area contributed by atoms with E-state index in [0.717, 1.165) is 15.0 Å². The zero-order valence-corrected chi connectivity index (χ0v) is 12.8. The highest BCUT2D eigenvalue weighted by atomic mass is 35.5. The molecule has 6 heteroatoms. The van der Waals surface area contributed by atoms with Crippen LogP contribution in [0.25, 0.3) is 10.7 Å². The molecule has 20 heavy (non-hydrogen) atoms. The molecule has 1 aliphatic heterocycles. The molecule has 0 amide bonds. The average Bonchev–Trinajstić information content (AvgIpc) is 3.12. The molecule has 1 fully saturated rings. The summed E-state index contributed by atoms with van der Waals surface area (Å²) in [7, 11) is 0. The fraction of sp³-hybridized carbons (Fsp3) is 0.143. The van der Waals surface area contributed by atoms with Crippen LogP contribution in [-0.4, -0.2) is 15.3 Å². The quantitative estimate of drug-likeness (QED) is 0.745. The van der Waals surface area contributed by atoms with E-state index < -0.39 is 0 Å². The van der Waals surface area contributed by atoms with Gasteiger partial charge in [0.25, 0.3) is 5.82 Å². The molecule has 1 aromatic carbocycles. The van der Waals surface area contributed by atoms with E-state index >= 15 is 0 Å². The summed E-state index contributed by atoms with van der Waals surface area (Å²) in [6, 6.07) is 7.93. The highest BCUT2D eigenvalue weighted by molar-refractivity contribution is 8.25. The maximum Gasteiger partial charge on any atom is 0.255 e. The Morgan fingerprint density at radius 1 is 1.40 bits per heavy atom. The van der Waals surface area contributed by atoms with Crippen molar-refractivity contribution in [3.63, 3.8) is 0 Å². The lowest BCUT2D eigenvalue weighted by molar-refractivity contribution is 1.10. The molecule has 0 saturated carbocycles. The number of rotatable bonds is 2. The van der Waals surface area contributed by atoms with Gasteiger partial charge in [-0.2, -0.15) is 0 Å². The number of nitrogens with zero attached hydrogens (tertiary/aromatic N) is 3. The van der Waals surface area contributed by atoms with Crippen LogP contribution in [0, 0.1) is 6.57 Å². The first-order valence-electron chi connectivity index (χ1n) is 5.93. The average molecular weight is 320 g/mol. The third kappa shape index (κ3) is 2.73. The van der Waals surface area contributed by atoms with Crippen molar-refractivity contribution in [3.05, 3.63) is 69.2 Å². The summed E-state index contributed by atoms with van der Waals surface area (Å²) in [5, 5.41) is 1.12. The minimum absolute atomic E-state index is 0.368. The van der Waals surface area contributed by atoms with E-state index in [-0.39, 0.29) is 0 Å². The fourth-order valence-corrected chi connectivity index (χ4v) is 4.91. The molecular formula is C14H10ClN3S2. The van der Waals surface area contributed by atoms with Crippen LogP contribution in [0.1, 0.15) is 10.8 Å². The number of halogens is 1. The van der Waals surface area contributed by atoms with Gasteiger partial charge in [-0.05, 0) is 17.7 Å². The van der Waals surface area contributed by atoms with Gasteiger partial charge in [-0.3, -0.25) is 4.57 Å². The predicted octanol–water partition coefficient (Wildman–Crippen LogP) is 4.76. The monoisotopic (exact) mass is 319 g/mol. The molecule has 3 nitrogen and oxygen atoms in total. The van der Waals surface area contributed by atoms with Crippen LogP contribution >= 0.6 is 35.1 Å². The molecule has 0 spiro atoms. The van der Waals surface area contributed by atoms with Gasteiger partial charge in [0, 0.05) is 16.0 Å². The molecule has 0 aliphatic carbocycles. The van der Waals surface area contributed by atoms with Crippen molar-refractivity contribution in [1.29, 1.82) is 0 Å². The van der Waals surface area contributed by atoms with Gasteiger partial charge in [-0.25, -0.2) is 4.98 Å². The van der Waals surface area contributed by atoms with Crippen LogP contribution in [0.2, 0.25) is 5.02 Å². The van der Waals surface area contributed by atoms with Crippen molar-refractivity contribution in [2.24, 2.45) is 0 Å². The zero-order chi connectivity index (χ0) is 13.9. The van der Waals surface area contributed by atoms with Crippen LogP contribution in [-0.2, 0) is 0 Å². The first-order valence-corrected chi connectivity index (χ1v) is 8.17. The normalized spacial score (nSPS) is 20.7. The van der Waals surface area contributed by atoms with Gasteiger partial charge in [-0.1, -0.05) is 30.3 Å². The van der Waals surface area contributed by atoms with Gasteiger partial charge in [0.15, 0.2) is 6.33 Å². The lowest BCUT2D eigenvalue weighted by Gasteiger charge is -2.08. The Balaban J connectivity index is 1.86. The smallest absolute Gasteiger partial charge is 0.255 e. The number of hydrogen-bond donors (Lipinski definition) is 0. The van der Waals surface area contributed by atoms with E-state index in [1.165, 1.54) is 5.56 Å². The molecule has 1 atom stereocenters. The lowest BCUT2D eigenvalue weighted by Crippen LogP contribution is -1.91. The molecule has 100 valence electrons. The minimum atomic E-state index is 0.368. The van der Waals surface area contributed by atoms with Crippen molar-refractivity contribution >= 4 is 40.9 Å².